The smallest absolute Gasteiger partial charge is 0.233 e. The van der Waals surface area contributed by atoms with E-state index in [1.165, 1.54) is 0 Å². The molecule has 1 fully saturated rings. The average molecular weight is 349 g/mol. The molecule has 0 saturated carbocycles. The van der Waals surface area contributed by atoms with Crippen LogP contribution >= 0.6 is 23.4 Å². The number of carbonyl (C=O) groups is 1. The first-order valence-electron chi connectivity index (χ1n) is 7.39. The predicted molar refractivity (Wildman–Crippen MR) is 93.0 cm³/mol. The maximum Gasteiger partial charge on any atom is 0.233 e. The van der Waals surface area contributed by atoms with E-state index in [0.29, 0.717) is 23.9 Å². The van der Waals surface area contributed by atoms with Gasteiger partial charge < -0.3 is 9.80 Å². The van der Waals surface area contributed by atoms with Gasteiger partial charge in [-0.3, -0.25) is 14.8 Å². The Hall–Kier alpha value is -1.79. The van der Waals surface area contributed by atoms with Crippen LogP contribution in [-0.2, 0) is 4.79 Å². The van der Waals surface area contributed by atoms with E-state index in [2.05, 4.69) is 14.9 Å². The van der Waals surface area contributed by atoms with Gasteiger partial charge in [-0.1, -0.05) is 11.6 Å². The molecule has 7 heteroatoms. The zero-order chi connectivity index (χ0) is 16.1. The second-order valence-electron chi connectivity index (χ2n) is 5.17. The maximum absolute atomic E-state index is 12.3. The quantitative estimate of drug-likeness (QED) is 0.795. The number of anilines is 1. The summed E-state index contributed by atoms with van der Waals surface area (Å²) in [5.74, 6) is 0.632. The summed E-state index contributed by atoms with van der Waals surface area (Å²) < 4.78 is 0. The predicted octanol–water partition coefficient (Wildman–Crippen LogP) is 2.57. The third kappa shape index (κ3) is 4.14. The van der Waals surface area contributed by atoms with E-state index in [1.807, 2.05) is 23.1 Å². The highest BCUT2D eigenvalue weighted by molar-refractivity contribution is 8.00. The Bertz CT molecular complexity index is 662. The molecule has 2 aromatic rings. The Morgan fingerprint density at radius 3 is 2.48 bits per heavy atom. The van der Waals surface area contributed by atoms with Crippen molar-refractivity contribution in [3.8, 4) is 0 Å². The highest BCUT2D eigenvalue weighted by atomic mass is 35.5. The fourth-order valence-corrected chi connectivity index (χ4v) is 3.52. The Morgan fingerprint density at radius 1 is 1.09 bits per heavy atom. The van der Waals surface area contributed by atoms with Gasteiger partial charge in [0, 0.05) is 55.9 Å². The summed E-state index contributed by atoms with van der Waals surface area (Å²) >= 11 is 7.73. The lowest BCUT2D eigenvalue weighted by Gasteiger charge is -2.36. The first kappa shape index (κ1) is 16.1. The van der Waals surface area contributed by atoms with Gasteiger partial charge in [0.1, 0.15) is 0 Å². The van der Waals surface area contributed by atoms with Crippen molar-refractivity contribution < 1.29 is 4.79 Å². The summed E-state index contributed by atoms with van der Waals surface area (Å²) in [7, 11) is 0. The number of rotatable bonds is 4. The molecule has 120 valence electrons. The van der Waals surface area contributed by atoms with Crippen molar-refractivity contribution in [2.24, 2.45) is 0 Å². The van der Waals surface area contributed by atoms with E-state index < -0.39 is 0 Å². The highest BCUT2D eigenvalue weighted by Crippen LogP contribution is 2.25. The molecule has 0 aromatic carbocycles. The van der Waals surface area contributed by atoms with Crippen LogP contribution in [-0.4, -0.2) is 52.7 Å². The summed E-state index contributed by atoms with van der Waals surface area (Å²) in [5.41, 5.74) is 0.986. The molecule has 0 spiro atoms. The van der Waals surface area contributed by atoms with Crippen LogP contribution < -0.4 is 4.90 Å². The molecule has 1 aliphatic heterocycles. The van der Waals surface area contributed by atoms with Crippen molar-refractivity contribution in [3.63, 3.8) is 0 Å². The van der Waals surface area contributed by atoms with E-state index >= 15 is 0 Å². The average Bonchev–Trinajstić information content (AvgIpc) is 2.61. The standard InChI is InChI=1S/C16H17ClN4OS/c17-14-11-19-6-3-15(14)20-7-9-21(10-8-20)16(22)12-23-13-1-4-18-5-2-13/h1-6,11H,7-10,12H2. The van der Waals surface area contributed by atoms with Gasteiger partial charge in [0.15, 0.2) is 0 Å². The molecule has 2 aromatic heterocycles. The Balaban J connectivity index is 1.50. The number of hydrogen-bond acceptors (Lipinski definition) is 5. The third-order valence-corrected chi connectivity index (χ3v) is 5.02. The van der Waals surface area contributed by atoms with Gasteiger partial charge in [0.25, 0.3) is 0 Å². The third-order valence-electron chi connectivity index (χ3n) is 3.74. The van der Waals surface area contributed by atoms with Crippen LogP contribution in [0.1, 0.15) is 0 Å². The Labute approximate surface area is 144 Å². The number of carbonyl (C=O) groups excluding carboxylic acids is 1. The molecule has 0 unspecified atom stereocenters. The zero-order valence-electron chi connectivity index (χ0n) is 12.6. The van der Waals surface area contributed by atoms with Crippen molar-refractivity contribution in [2.45, 2.75) is 4.90 Å². The van der Waals surface area contributed by atoms with E-state index in [0.717, 1.165) is 23.7 Å². The molecular formula is C16H17ClN4OS. The summed E-state index contributed by atoms with van der Waals surface area (Å²) in [6.45, 7) is 3.01. The summed E-state index contributed by atoms with van der Waals surface area (Å²) in [4.78, 5) is 25.5. The van der Waals surface area contributed by atoms with E-state index in [9.17, 15) is 4.79 Å². The van der Waals surface area contributed by atoms with Crippen LogP contribution in [0.4, 0.5) is 5.69 Å². The normalized spacial score (nSPS) is 14.8. The number of aromatic nitrogens is 2. The number of pyridine rings is 2. The lowest BCUT2D eigenvalue weighted by Crippen LogP contribution is -2.49. The number of piperazine rings is 1. The van der Waals surface area contributed by atoms with Gasteiger partial charge in [-0.15, -0.1) is 11.8 Å². The van der Waals surface area contributed by atoms with Gasteiger partial charge in [-0.2, -0.15) is 0 Å². The lowest BCUT2D eigenvalue weighted by atomic mass is 10.2. The second-order valence-corrected chi connectivity index (χ2v) is 6.62. The monoisotopic (exact) mass is 348 g/mol. The van der Waals surface area contributed by atoms with E-state index in [4.69, 9.17) is 11.6 Å². The van der Waals surface area contributed by atoms with E-state index in [-0.39, 0.29) is 5.91 Å². The first-order valence-corrected chi connectivity index (χ1v) is 8.75. The zero-order valence-corrected chi connectivity index (χ0v) is 14.1. The van der Waals surface area contributed by atoms with Crippen molar-refractivity contribution in [1.29, 1.82) is 0 Å². The van der Waals surface area contributed by atoms with Crippen molar-refractivity contribution in [3.05, 3.63) is 48.0 Å². The Morgan fingerprint density at radius 2 is 1.78 bits per heavy atom. The number of halogens is 1. The van der Waals surface area contributed by atoms with Crippen LogP contribution in [0.25, 0.3) is 0 Å². The minimum atomic E-state index is 0.173. The molecule has 0 atom stereocenters. The fourth-order valence-electron chi connectivity index (χ4n) is 2.49. The SMILES string of the molecule is O=C(CSc1ccncc1)N1CCN(c2ccncc2Cl)CC1. The summed E-state index contributed by atoms with van der Waals surface area (Å²) in [6, 6.07) is 5.75. The first-order chi connectivity index (χ1) is 11.2. The number of thioether (sulfide) groups is 1. The van der Waals surface area contributed by atoms with Gasteiger partial charge in [0.2, 0.25) is 5.91 Å². The molecule has 5 nitrogen and oxygen atoms in total. The van der Waals surface area contributed by atoms with Crippen molar-refractivity contribution in [1.82, 2.24) is 14.9 Å². The fraction of sp³-hybridized carbons (Fsp3) is 0.312. The molecule has 3 rings (SSSR count). The molecule has 0 radical (unpaired) electrons. The van der Waals surface area contributed by atoms with Gasteiger partial charge in [-0.25, -0.2) is 0 Å². The molecule has 3 heterocycles. The highest BCUT2D eigenvalue weighted by Gasteiger charge is 2.22. The van der Waals surface area contributed by atoms with Crippen LogP contribution in [0.5, 0.6) is 0 Å². The molecule has 0 bridgehead atoms. The van der Waals surface area contributed by atoms with Crippen LogP contribution in [0, 0.1) is 0 Å². The molecule has 0 aliphatic carbocycles. The molecule has 0 N–H and O–H groups in total. The second kappa shape index (κ2) is 7.66. The minimum absolute atomic E-state index is 0.173. The van der Waals surface area contributed by atoms with Gasteiger partial charge in [0.05, 0.1) is 16.5 Å². The van der Waals surface area contributed by atoms with Crippen molar-refractivity contribution >= 4 is 35.0 Å². The van der Waals surface area contributed by atoms with Crippen LogP contribution in [0.15, 0.2) is 47.9 Å². The minimum Gasteiger partial charge on any atom is -0.367 e. The van der Waals surface area contributed by atoms with Gasteiger partial charge >= 0.3 is 0 Å². The molecular weight excluding hydrogens is 332 g/mol. The number of hydrogen-bond donors (Lipinski definition) is 0. The Kier molecular flexibility index (Phi) is 5.35. The largest absolute Gasteiger partial charge is 0.367 e. The molecule has 1 aliphatic rings. The van der Waals surface area contributed by atoms with Crippen LogP contribution in [0.2, 0.25) is 5.02 Å². The van der Waals surface area contributed by atoms with Crippen LogP contribution in [0.3, 0.4) is 0 Å². The number of amides is 1. The van der Waals surface area contributed by atoms with E-state index in [1.54, 1.807) is 36.5 Å². The lowest BCUT2D eigenvalue weighted by molar-refractivity contribution is -0.128. The molecule has 1 saturated heterocycles. The molecule has 1 amide bonds. The summed E-state index contributed by atoms with van der Waals surface area (Å²) in [6.07, 6.45) is 6.87. The summed E-state index contributed by atoms with van der Waals surface area (Å²) in [5, 5.41) is 0.653. The maximum atomic E-state index is 12.3. The van der Waals surface area contributed by atoms with Crippen molar-refractivity contribution in [2.75, 3.05) is 36.8 Å². The van der Waals surface area contributed by atoms with Gasteiger partial charge in [-0.05, 0) is 18.2 Å². The number of nitrogens with zero attached hydrogens (tertiary/aromatic N) is 4. The molecule has 23 heavy (non-hydrogen) atoms. The topological polar surface area (TPSA) is 49.3 Å².